The Kier molecular flexibility index (Phi) is 6.53. The highest BCUT2D eigenvalue weighted by molar-refractivity contribution is 6.17. The molecule has 10 rings (SSSR count). The van der Waals surface area contributed by atoms with Gasteiger partial charge in [-0.05, 0) is 97.5 Å². The van der Waals surface area contributed by atoms with Crippen molar-refractivity contribution in [3.8, 4) is 22.3 Å². The molecule has 0 aliphatic rings. The number of fused-ring (bicyclic) bond motifs is 7. The van der Waals surface area contributed by atoms with Gasteiger partial charge >= 0.3 is 0 Å². The summed E-state index contributed by atoms with van der Waals surface area (Å²) in [5.74, 6) is 0. The zero-order valence-electron chi connectivity index (χ0n) is 27.3. The predicted molar refractivity (Wildman–Crippen MR) is 212 cm³/mol. The Morgan fingerprint density at radius 1 is 0.360 bits per heavy atom. The first kappa shape index (κ1) is 28.4. The Hall–Kier alpha value is -6.64. The second-order valence-corrected chi connectivity index (χ2v) is 12.9. The standard InChI is InChI=1S/C48H31NO/c1-2-11-34(12-3-1)43-28-29-45(47-44-16-8-9-17-46(44)50-48(43)47)49(40-26-27-42-38(31-40)21-19-35-13-6-7-15-41(35)42)39-24-22-33(23-25-39)37-20-18-32-10-4-5-14-36(32)30-37/h1-31H. The van der Waals surface area contributed by atoms with Crippen LogP contribution in [0.25, 0.3) is 76.5 Å². The van der Waals surface area contributed by atoms with Crippen LogP contribution in [0.15, 0.2) is 192 Å². The van der Waals surface area contributed by atoms with Gasteiger partial charge in [-0.1, -0.05) is 140 Å². The van der Waals surface area contributed by atoms with Gasteiger partial charge in [-0.2, -0.15) is 0 Å². The van der Waals surface area contributed by atoms with Crippen LogP contribution in [0, 0.1) is 0 Å². The van der Waals surface area contributed by atoms with Crippen molar-refractivity contribution in [2.45, 2.75) is 0 Å². The van der Waals surface area contributed by atoms with Crippen LogP contribution in [-0.2, 0) is 0 Å². The Bertz CT molecular complexity index is 2870. The van der Waals surface area contributed by atoms with Gasteiger partial charge in [0, 0.05) is 22.3 Å². The Balaban J connectivity index is 1.20. The number of nitrogens with zero attached hydrogens (tertiary/aromatic N) is 1. The highest BCUT2D eigenvalue weighted by atomic mass is 16.3. The second kappa shape index (κ2) is 11.5. The van der Waals surface area contributed by atoms with Gasteiger partial charge in [0.05, 0.1) is 11.1 Å². The molecule has 0 saturated heterocycles. The molecule has 0 atom stereocenters. The molecule has 0 bridgehead atoms. The fourth-order valence-electron chi connectivity index (χ4n) is 7.58. The summed E-state index contributed by atoms with van der Waals surface area (Å²) in [7, 11) is 0. The SMILES string of the molecule is c1ccc(-c2ccc(N(c3ccc(-c4ccc5ccccc5c4)cc3)c3ccc4c(ccc5ccccc54)c3)c3c2oc2ccccc23)cc1. The van der Waals surface area contributed by atoms with Crippen LogP contribution in [0.1, 0.15) is 0 Å². The maximum absolute atomic E-state index is 6.70. The van der Waals surface area contributed by atoms with Crippen LogP contribution in [0.4, 0.5) is 17.1 Å². The molecule has 0 aliphatic heterocycles. The van der Waals surface area contributed by atoms with E-state index in [1.807, 2.05) is 6.07 Å². The summed E-state index contributed by atoms with van der Waals surface area (Å²) in [6, 6.07) is 67.5. The molecule has 9 aromatic carbocycles. The van der Waals surface area contributed by atoms with Crippen molar-refractivity contribution in [2.75, 3.05) is 4.90 Å². The Morgan fingerprint density at radius 2 is 1.00 bits per heavy atom. The van der Waals surface area contributed by atoms with E-state index in [9.17, 15) is 0 Å². The van der Waals surface area contributed by atoms with Gasteiger partial charge in [0.1, 0.15) is 11.2 Å². The molecule has 50 heavy (non-hydrogen) atoms. The van der Waals surface area contributed by atoms with Gasteiger partial charge in [0.15, 0.2) is 0 Å². The van der Waals surface area contributed by atoms with Crippen LogP contribution < -0.4 is 4.90 Å². The van der Waals surface area contributed by atoms with Crippen molar-refractivity contribution in [1.82, 2.24) is 0 Å². The maximum Gasteiger partial charge on any atom is 0.145 e. The number of hydrogen-bond acceptors (Lipinski definition) is 2. The van der Waals surface area contributed by atoms with Crippen LogP contribution >= 0.6 is 0 Å². The molecule has 0 N–H and O–H groups in total. The molecule has 0 aliphatic carbocycles. The summed E-state index contributed by atoms with van der Waals surface area (Å²) in [5.41, 5.74) is 9.60. The van der Waals surface area contributed by atoms with Crippen molar-refractivity contribution in [3.05, 3.63) is 188 Å². The second-order valence-electron chi connectivity index (χ2n) is 12.9. The lowest BCUT2D eigenvalue weighted by Gasteiger charge is -2.27. The first-order chi connectivity index (χ1) is 24.8. The third kappa shape index (κ3) is 4.65. The fourth-order valence-corrected chi connectivity index (χ4v) is 7.58. The smallest absolute Gasteiger partial charge is 0.145 e. The summed E-state index contributed by atoms with van der Waals surface area (Å²) in [6.45, 7) is 0. The van der Waals surface area contributed by atoms with E-state index in [2.05, 4.69) is 187 Å². The number of rotatable bonds is 5. The van der Waals surface area contributed by atoms with Gasteiger partial charge in [-0.3, -0.25) is 0 Å². The lowest BCUT2D eigenvalue weighted by atomic mass is 9.98. The molecule has 1 heterocycles. The minimum Gasteiger partial charge on any atom is -0.455 e. The van der Waals surface area contributed by atoms with E-state index in [0.29, 0.717) is 0 Å². The van der Waals surface area contributed by atoms with Gasteiger partial charge < -0.3 is 9.32 Å². The first-order valence-corrected chi connectivity index (χ1v) is 17.1. The van der Waals surface area contributed by atoms with Crippen LogP contribution in [-0.4, -0.2) is 0 Å². The molecule has 0 spiro atoms. The van der Waals surface area contributed by atoms with E-state index >= 15 is 0 Å². The highest BCUT2D eigenvalue weighted by Crippen LogP contribution is 2.47. The topological polar surface area (TPSA) is 16.4 Å². The van der Waals surface area contributed by atoms with Crippen molar-refractivity contribution in [3.63, 3.8) is 0 Å². The van der Waals surface area contributed by atoms with Gasteiger partial charge in [0.2, 0.25) is 0 Å². The van der Waals surface area contributed by atoms with Crippen molar-refractivity contribution >= 4 is 71.3 Å². The van der Waals surface area contributed by atoms with E-state index in [-0.39, 0.29) is 0 Å². The molecule has 2 heteroatoms. The van der Waals surface area contributed by atoms with Crippen LogP contribution in [0.2, 0.25) is 0 Å². The summed E-state index contributed by atoms with van der Waals surface area (Å²) in [5, 5.41) is 9.64. The van der Waals surface area contributed by atoms with Gasteiger partial charge in [-0.25, -0.2) is 0 Å². The average Bonchev–Trinajstić information content (AvgIpc) is 3.58. The van der Waals surface area contributed by atoms with E-state index in [1.165, 1.54) is 43.4 Å². The number of hydrogen-bond donors (Lipinski definition) is 0. The van der Waals surface area contributed by atoms with Gasteiger partial charge in [0.25, 0.3) is 0 Å². The minimum absolute atomic E-state index is 0.878. The molecule has 234 valence electrons. The van der Waals surface area contributed by atoms with Crippen molar-refractivity contribution in [2.24, 2.45) is 0 Å². The van der Waals surface area contributed by atoms with E-state index in [0.717, 1.165) is 50.1 Å². The largest absolute Gasteiger partial charge is 0.455 e. The summed E-state index contributed by atoms with van der Waals surface area (Å²) < 4.78 is 6.70. The number of furan rings is 1. The molecule has 10 aromatic rings. The first-order valence-electron chi connectivity index (χ1n) is 17.1. The Morgan fingerprint density at radius 3 is 1.86 bits per heavy atom. The third-order valence-corrected chi connectivity index (χ3v) is 10.0. The van der Waals surface area contributed by atoms with Crippen LogP contribution in [0.5, 0.6) is 0 Å². The molecule has 0 saturated carbocycles. The van der Waals surface area contributed by atoms with Gasteiger partial charge in [-0.15, -0.1) is 0 Å². The molecule has 1 aromatic heterocycles. The number of para-hydroxylation sites is 1. The van der Waals surface area contributed by atoms with E-state index in [4.69, 9.17) is 4.42 Å². The predicted octanol–water partition coefficient (Wildman–Crippen LogP) is 13.8. The normalized spacial score (nSPS) is 11.6. The summed E-state index contributed by atoms with van der Waals surface area (Å²) in [6.07, 6.45) is 0. The Labute approximate surface area is 290 Å². The lowest BCUT2D eigenvalue weighted by Crippen LogP contribution is -2.10. The third-order valence-electron chi connectivity index (χ3n) is 10.0. The van der Waals surface area contributed by atoms with Crippen LogP contribution in [0.3, 0.4) is 0 Å². The summed E-state index contributed by atoms with van der Waals surface area (Å²) in [4.78, 5) is 2.39. The summed E-state index contributed by atoms with van der Waals surface area (Å²) >= 11 is 0. The van der Waals surface area contributed by atoms with E-state index in [1.54, 1.807) is 0 Å². The van der Waals surface area contributed by atoms with E-state index < -0.39 is 0 Å². The molecule has 0 unspecified atom stereocenters. The molecular weight excluding hydrogens is 607 g/mol. The monoisotopic (exact) mass is 637 g/mol. The maximum atomic E-state index is 6.70. The highest BCUT2D eigenvalue weighted by Gasteiger charge is 2.22. The average molecular weight is 638 g/mol. The zero-order valence-corrected chi connectivity index (χ0v) is 27.3. The molecule has 0 radical (unpaired) electrons. The van der Waals surface area contributed by atoms with Crippen molar-refractivity contribution < 1.29 is 4.42 Å². The molecule has 0 amide bonds. The van der Waals surface area contributed by atoms with Crippen molar-refractivity contribution in [1.29, 1.82) is 0 Å². The fraction of sp³-hybridized carbons (Fsp3) is 0. The molecule has 2 nitrogen and oxygen atoms in total. The number of benzene rings is 9. The molecular formula is C48H31NO. The molecule has 0 fully saturated rings. The lowest BCUT2D eigenvalue weighted by molar-refractivity contribution is 0.670. The quantitative estimate of drug-likeness (QED) is 0.175. The number of anilines is 3. The zero-order chi connectivity index (χ0) is 33.0. The minimum atomic E-state index is 0.878.